The molecule has 0 saturated heterocycles. The summed E-state index contributed by atoms with van der Waals surface area (Å²) in [5, 5.41) is 13.6. The van der Waals surface area contributed by atoms with Gasteiger partial charge in [0.05, 0.1) is 0 Å². The third kappa shape index (κ3) is 2.53. The Balaban J connectivity index is 2.28. The van der Waals surface area contributed by atoms with Crippen LogP contribution in [0.2, 0.25) is 0 Å². The van der Waals surface area contributed by atoms with E-state index in [2.05, 4.69) is 10.3 Å². The molecule has 0 aliphatic heterocycles. The molecule has 0 atom stereocenters. The minimum Gasteiger partial charge on any atom is -0.476 e. The molecule has 2 aromatic rings. The molecule has 0 unspecified atom stereocenters. The number of aromatic carboxylic acids is 1. The summed E-state index contributed by atoms with van der Waals surface area (Å²) < 4.78 is 1.54. The number of fused-ring (bicyclic) bond motifs is 1. The predicted molar refractivity (Wildman–Crippen MR) is 72.0 cm³/mol. The third-order valence-corrected chi connectivity index (χ3v) is 3.52. The van der Waals surface area contributed by atoms with Crippen LogP contribution in [0.1, 0.15) is 16.9 Å². The first-order valence-corrected chi connectivity index (χ1v) is 6.53. The zero-order valence-corrected chi connectivity index (χ0v) is 11.4. The van der Waals surface area contributed by atoms with Crippen molar-refractivity contribution in [2.75, 3.05) is 25.5 Å². The highest BCUT2D eigenvalue weighted by atomic mass is 32.1. The fourth-order valence-corrected chi connectivity index (χ4v) is 2.45. The van der Waals surface area contributed by atoms with Crippen LogP contribution < -0.4 is 10.2 Å². The SMILES string of the molecule is CNC(=O)CCN(C)c1nc2sccn2c1C(=O)O. The number of thiazole rings is 1. The van der Waals surface area contributed by atoms with Crippen molar-refractivity contribution in [3.05, 3.63) is 17.3 Å². The molecule has 7 nitrogen and oxygen atoms in total. The summed E-state index contributed by atoms with van der Waals surface area (Å²) in [6.07, 6.45) is 1.96. The number of nitrogens with one attached hydrogen (secondary N) is 1. The van der Waals surface area contributed by atoms with Gasteiger partial charge in [-0.25, -0.2) is 9.78 Å². The van der Waals surface area contributed by atoms with Crippen molar-refractivity contribution in [1.82, 2.24) is 14.7 Å². The Morgan fingerprint density at radius 1 is 1.58 bits per heavy atom. The topological polar surface area (TPSA) is 86.9 Å². The molecule has 0 fully saturated rings. The van der Waals surface area contributed by atoms with Gasteiger partial charge >= 0.3 is 5.97 Å². The Hall–Kier alpha value is -2.09. The second-order valence-electron chi connectivity index (χ2n) is 3.99. The maximum Gasteiger partial charge on any atom is 0.356 e. The molecule has 0 bridgehead atoms. The predicted octanol–water partition coefficient (Wildman–Crippen LogP) is 0.666. The van der Waals surface area contributed by atoms with Crippen molar-refractivity contribution in [2.45, 2.75) is 6.42 Å². The molecule has 2 rings (SSSR count). The van der Waals surface area contributed by atoms with Crippen molar-refractivity contribution in [3.63, 3.8) is 0 Å². The number of nitrogens with zero attached hydrogens (tertiary/aromatic N) is 3. The number of hydrogen-bond acceptors (Lipinski definition) is 5. The number of carbonyl (C=O) groups excluding carboxylic acids is 1. The number of rotatable bonds is 5. The van der Waals surface area contributed by atoms with Gasteiger partial charge in [0.1, 0.15) is 0 Å². The molecule has 0 aromatic carbocycles. The minimum absolute atomic E-state index is 0.0928. The van der Waals surface area contributed by atoms with E-state index in [-0.39, 0.29) is 18.0 Å². The van der Waals surface area contributed by atoms with E-state index in [1.165, 1.54) is 11.3 Å². The molecule has 2 N–H and O–H groups in total. The molecular formula is C11H14N4O3S. The number of carboxylic acids is 1. The molecule has 102 valence electrons. The van der Waals surface area contributed by atoms with Crippen LogP contribution in [0, 0.1) is 0 Å². The van der Waals surface area contributed by atoms with Crippen molar-refractivity contribution in [3.8, 4) is 0 Å². The number of amides is 1. The summed E-state index contributed by atoms with van der Waals surface area (Å²) in [5.74, 6) is -0.749. The van der Waals surface area contributed by atoms with Crippen LogP contribution in [-0.4, -0.2) is 47.0 Å². The number of carbonyl (C=O) groups is 2. The van der Waals surface area contributed by atoms with E-state index in [0.717, 1.165) is 0 Å². The highest BCUT2D eigenvalue weighted by molar-refractivity contribution is 7.15. The Morgan fingerprint density at radius 2 is 2.32 bits per heavy atom. The summed E-state index contributed by atoms with van der Waals surface area (Å²) in [7, 11) is 3.29. The molecular weight excluding hydrogens is 268 g/mol. The van der Waals surface area contributed by atoms with Gasteiger partial charge in [-0.3, -0.25) is 9.20 Å². The van der Waals surface area contributed by atoms with E-state index < -0.39 is 5.97 Å². The van der Waals surface area contributed by atoms with Crippen molar-refractivity contribution >= 4 is 34.0 Å². The van der Waals surface area contributed by atoms with Gasteiger partial charge < -0.3 is 15.3 Å². The molecule has 0 aliphatic rings. The van der Waals surface area contributed by atoms with Gasteiger partial charge in [0.25, 0.3) is 0 Å². The van der Waals surface area contributed by atoms with E-state index in [0.29, 0.717) is 17.3 Å². The van der Waals surface area contributed by atoms with E-state index in [4.69, 9.17) is 0 Å². The van der Waals surface area contributed by atoms with Crippen LogP contribution in [0.3, 0.4) is 0 Å². The standard InChI is InChI=1S/C11H14N4O3S/c1-12-7(16)3-4-14(2)9-8(10(17)18)15-5-6-19-11(15)13-9/h5-6H,3-4H2,1-2H3,(H,12,16)(H,17,18). The number of anilines is 1. The van der Waals surface area contributed by atoms with E-state index >= 15 is 0 Å². The molecule has 19 heavy (non-hydrogen) atoms. The highest BCUT2D eigenvalue weighted by Crippen LogP contribution is 2.24. The van der Waals surface area contributed by atoms with Crippen molar-refractivity contribution in [1.29, 1.82) is 0 Å². The molecule has 2 heterocycles. The van der Waals surface area contributed by atoms with Crippen LogP contribution in [0.5, 0.6) is 0 Å². The molecule has 0 spiro atoms. The van der Waals surface area contributed by atoms with Crippen molar-refractivity contribution < 1.29 is 14.7 Å². The van der Waals surface area contributed by atoms with E-state index in [9.17, 15) is 14.7 Å². The van der Waals surface area contributed by atoms with Gasteiger partial charge in [-0.05, 0) is 0 Å². The maximum atomic E-state index is 11.3. The van der Waals surface area contributed by atoms with Crippen molar-refractivity contribution in [2.24, 2.45) is 0 Å². The lowest BCUT2D eigenvalue weighted by atomic mass is 10.3. The van der Waals surface area contributed by atoms with E-state index in [1.807, 2.05) is 0 Å². The van der Waals surface area contributed by atoms with Gasteiger partial charge in [0.15, 0.2) is 16.5 Å². The normalized spacial score (nSPS) is 10.6. The number of hydrogen-bond donors (Lipinski definition) is 2. The largest absolute Gasteiger partial charge is 0.476 e. The number of carboxylic acid groups (broad SMARTS) is 1. The van der Waals surface area contributed by atoms with Crippen LogP contribution in [0.15, 0.2) is 11.6 Å². The van der Waals surface area contributed by atoms with Gasteiger partial charge in [0.2, 0.25) is 5.91 Å². The van der Waals surface area contributed by atoms with Gasteiger partial charge in [-0.15, -0.1) is 11.3 Å². The lowest BCUT2D eigenvalue weighted by Crippen LogP contribution is -2.27. The van der Waals surface area contributed by atoms with Gasteiger partial charge in [-0.1, -0.05) is 0 Å². The lowest BCUT2D eigenvalue weighted by molar-refractivity contribution is -0.120. The fraction of sp³-hybridized carbons (Fsp3) is 0.364. The summed E-state index contributed by atoms with van der Waals surface area (Å²) in [4.78, 5) is 29.1. The van der Waals surface area contributed by atoms with Gasteiger partial charge in [0, 0.05) is 38.6 Å². The van der Waals surface area contributed by atoms with Gasteiger partial charge in [-0.2, -0.15) is 0 Å². The summed E-state index contributed by atoms with van der Waals surface area (Å²) in [6.45, 7) is 0.408. The van der Waals surface area contributed by atoms with Crippen LogP contribution in [0.4, 0.5) is 5.82 Å². The van der Waals surface area contributed by atoms with Crippen LogP contribution in [0.25, 0.3) is 4.96 Å². The van der Waals surface area contributed by atoms with Crippen LogP contribution >= 0.6 is 11.3 Å². The average molecular weight is 282 g/mol. The summed E-state index contributed by atoms with van der Waals surface area (Å²) in [6, 6.07) is 0. The Labute approximate surface area is 113 Å². The molecule has 2 aromatic heterocycles. The first-order chi connectivity index (χ1) is 9.04. The molecule has 1 amide bonds. The highest BCUT2D eigenvalue weighted by Gasteiger charge is 2.22. The fourth-order valence-electron chi connectivity index (χ4n) is 1.74. The molecule has 8 heteroatoms. The zero-order chi connectivity index (χ0) is 14.0. The minimum atomic E-state index is -1.03. The third-order valence-electron chi connectivity index (χ3n) is 2.76. The Bertz CT molecular complexity index is 619. The smallest absolute Gasteiger partial charge is 0.356 e. The molecule has 0 saturated carbocycles. The average Bonchev–Trinajstić information content (AvgIpc) is 2.94. The van der Waals surface area contributed by atoms with E-state index in [1.54, 1.807) is 35.0 Å². The first-order valence-electron chi connectivity index (χ1n) is 5.65. The number of imidazole rings is 1. The first kappa shape index (κ1) is 13.3. The monoisotopic (exact) mass is 282 g/mol. The Morgan fingerprint density at radius 3 is 2.95 bits per heavy atom. The molecule has 0 aliphatic carbocycles. The number of aromatic nitrogens is 2. The second-order valence-corrected chi connectivity index (χ2v) is 4.86. The maximum absolute atomic E-state index is 11.3. The lowest BCUT2D eigenvalue weighted by Gasteiger charge is -2.16. The quantitative estimate of drug-likeness (QED) is 0.841. The Kier molecular flexibility index (Phi) is 3.70. The molecule has 0 radical (unpaired) electrons. The zero-order valence-electron chi connectivity index (χ0n) is 10.6. The van der Waals surface area contributed by atoms with Crippen LogP contribution in [-0.2, 0) is 4.79 Å². The summed E-state index contributed by atoms with van der Waals surface area (Å²) in [5.41, 5.74) is 0.121. The second kappa shape index (κ2) is 5.27. The summed E-state index contributed by atoms with van der Waals surface area (Å²) >= 11 is 1.37.